The van der Waals surface area contributed by atoms with Crippen molar-refractivity contribution < 1.29 is 0 Å². The van der Waals surface area contributed by atoms with Crippen molar-refractivity contribution in [2.75, 3.05) is 17.7 Å². The Hall–Kier alpha value is -2.07. The van der Waals surface area contributed by atoms with Gasteiger partial charge in [0.15, 0.2) is 0 Å². The van der Waals surface area contributed by atoms with Gasteiger partial charge in [-0.15, -0.1) is 11.3 Å². The van der Waals surface area contributed by atoms with E-state index >= 15 is 0 Å². The maximum Gasteiger partial charge on any atom is 0.0951 e. The Morgan fingerprint density at radius 3 is 2.89 bits per heavy atom. The largest absolute Gasteiger partial charge is 0.397 e. The van der Waals surface area contributed by atoms with E-state index in [1.54, 1.807) is 11.3 Å². The van der Waals surface area contributed by atoms with Crippen molar-refractivity contribution in [3.05, 3.63) is 52.9 Å². The Balaban J connectivity index is 2.02. The van der Waals surface area contributed by atoms with Crippen LogP contribution in [0.15, 0.2) is 48.0 Å². The topological polar surface area (TPSA) is 42.2 Å². The van der Waals surface area contributed by atoms with Crippen molar-refractivity contribution in [3.8, 4) is 0 Å². The summed E-state index contributed by atoms with van der Waals surface area (Å²) in [4.78, 5) is 7.95. The van der Waals surface area contributed by atoms with Crippen LogP contribution in [-0.2, 0) is 6.54 Å². The molecule has 0 saturated carbocycles. The lowest BCUT2D eigenvalue weighted by Gasteiger charge is -2.20. The molecule has 0 amide bonds. The van der Waals surface area contributed by atoms with Gasteiger partial charge in [-0.1, -0.05) is 18.2 Å². The molecule has 19 heavy (non-hydrogen) atoms. The molecule has 3 nitrogen and oxygen atoms in total. The Morgan fingerprint density at radius 1 is 1.21 bits per heavy atom. The minimum absolute atomic E-state index is 0.726. The van der Waals surface area contributed by atoms with Crippen LogP contribution in [0.5, 0.6) is 0 Å². The molecule has 0 aliphatic carbocycles. The van der Waals surface area contributed by atoms with E-state index in [1.165, 1.54) is 4.88 Å². The quantitative estimate of drug-likeness (QED) is 0.740. The van der Waals surface area contributed by atoms with Crippen molar-refractivity contribution in [2.45, 2.75) is 6.54 Å². The second-order valence-corrected chi connectivity index (χ2v) is 5.54. The lowest BCUT2D eigenvalue weighted by molar-refractivity contribution is 0.944. The number of hydrogen-bond donors (Lipinski definition) is 1. The van der Waals surface area contributed by atoms with Gasteiger partial charge in [-0.05, 0) is 23.6 Å². The molecule has 0 aliphatic heterocycles. The van der Waals surface area contributed by atoms with Gasteiger partial charge in [0.25, 0.3) is 0 Å². The van der Waals surface area contributed by atoms with Crippen molar-refractivity contribution in [1.82, 2.24) is 4.98 Å². The fourth-order valence-electron chi connectivity index (χ4n) is 2.24. The van der Waals surface area contributed by atoms with Gasteiger partial charge in [0, 0.05) is 29.2 Å². The third-order valence-corrected chi connectivity index (χ3v) is 4.02. The zero-order valence-electron chi connectivity index (χ0n) is 10.7. The molecular formula is C15H15N3S. The number of nitrogens with two attached hydrogens (primary N) is 1. The second kappa shape index (κ2) is 4.90. The summed E-state index contributed by atoms with van der Waals surface area (Å²) in [7, 11) is 2.09. The van der Waals surface area contributed by atoms with Gasteiger partial charge in [-0.3, -0.25) is 4.98 Å². The molecule has 0 saturated heterocycles. The summed E-state index contributed by atoms with van der Waals surface area (Å²) in [5, 5.41) is 3.20. The zero-order valence-corrected chi connectivity index (χ0v) is 11.5. The van der Waals surface area contributed by atoms with Gasteiger partial charge < -0.3 is 10.6 Å². The predicted molar refractivity (Wildman–Crippen MR) is 82.6 cm³/mol. The molecule has 0 spiro atoms. The Labute approximate surface area is 116 Å². The van der Waals surface area contributed by atoms with Crippen molar-refractivity contribution >= 4 is 33.6 Å². The van der Waals surface area contributed by atoms with Crippen LogP contribution in [0.2, 0.25) is 0 Å². The normalized spacial score (nSPS) is 10.8. The summed E-state index contributed by atoms with van der Waals surface area (Å²) < 4.78 is 0. The van der Waals surface area contributed by atoms with Gasteiger partial charge in [-0.2, -0.15) is 0 Å². The molecule has 0 bridgehead atoms. The van der Waals surface area contributed by atoms with Crippen molar-refractivity contribution in [3.63, 3.8) is 0 Å². The second-order valence-electron chi connectivity index (χ2n) is 4.51. The number of fused-ring (bicyclic) bond motifs is 1. The molecule has 0 radical (unpaired) electrons. The molecule has 0 unspecified atom stereocenters. The molecule has 0 atom stereocenters. The van der Waals surface area contributed by atoms with E-state index in [1.807, 2.05) is 24.4 Å². The third-order valence-electron chi connectivity index (χ3n) is 3.16. The van der Waals surface area contributed by atoms with E-state index in [0.29, 0.717) is 0 Å². The number of nitrogens with zero attached hydrogens (tertiary/aromatic N) is 2. The molecule has 2 aromatic heterocycles. The number of anilines is 2. The molecule has 4 heteroatoms. The van der Waals surface area contributed by atoms with Crippen LogP contribution in [0.4, 0.5) is 11.4 Å². The minimum Gasteiger partial charge on any atom is -0.397 e. The summed E-state index contributed by atoms with van der Waals surface area (Å²) >= 11 is 1.77. The smallest absolute Gasteiger partial charge is 0.0951 e. The maximum absolute atomic E-state index is 5.98. The van der Waals surface area contributed by atoms with Crippen LogP contribution in [0.1, 0.15) is 4.88 Å². The first kappa shape index (κ1) is 12.0. The van der Waals surface area contributed by atoms with Crippen LogP contribution in [-0.4, -0.2) is 12.0 Å². The molecule has 96 valence electrons. The molecule has 2 heterocycles. The molecule has 0 fully saturated rings. The Bertz CT molecular complexity index is 692. The number of pyridine rings is 1. The number of para-hydroxylation sites is 1. The van der Waals surface area contributed by atoms with Gasteiger partial charge in [0.2, 0.25) is 0 Å². The molecule has 3 rings (SSSR count). The highest BCUT2D eigenvalue weighted by Gasteiger charge is 2.09. The van der Waals surface area contributed by atoms with E-state index in [4.69, 9.17) is 5.73 Å². The van der Waals surface area contributed by atoms with Gasteiger partial charge in [0.05, 0.1) is 17.7 Å². The number of nitrogen functional groups attached to an aromatic ring is 1. The minimum atomic E-state index is 0.726. The highest BCUT2D eigenvalue weighted by Crippen LogP contribution is 2.28. The first-order chi connectivity index (χ1) is 9.25. The SMILES string of the molecule is CN(Cc1cccs1)c1ccnc2c(N)cccc12. The molecular weight excluding hydrogens is 254 g/mol. The fourth-order valence-corrected chi connectivity index (χ4v) is 3.00. The van der Waals surface area contributed by atoms with Crippen LogP contribution < -0.4 is 10.6 Å². The Kier molecular flexibility index (Phi) is 3.09. The predicted octanol–water partition coefficient (Wildman–Crippen LogP) is 3.51. The number of rotatable bonds is 3. The van der Waals surface area contributed by atoms with E-state index in [-0.39, 0.29) is 0 Å². The standard InChI is InChI=1S/C15H15N3S/c1-18(10-11-4-3-9-19-11)14-7-8-17-15-12(14)5-2-6-13(15)16/h2-9H,10,16H2,1H3. The van der Waals surface area contributed by atoms with Crippen LogP contribution in [0.25, 0.3) is 10.9 Å². The summed E-state index contributed by atoms with van der Waals surface area (Å²) in [6, 6.07) is 12.2. The average molecular weight is 269 g/mol. The van der Waals surface area contributed by atoms with Crippen LogP contribution in [0.3, 0.4) is 0 Å². The number of benzene rings is 1. The summed E-state index contributed by atoms with van der Waals surface area (Å²) in [6.45, 7) is 0.894. The lowest BCUT2D eigenvalue weighted by Crippen LogP contribution is -2.16. The van der Waals surface area contributed by atoms with Gasteiger partial charge in [0.1, 0.15) is 0 Å². The number of aromatic nitrogens is 1. The number of thiophene rings is 1. The van der Waals surface area contributed by atoms with Crippen LogP contribution in [0, 0.1) is 0 Å². The fraction of sp³-hybridized carbons (Fsp3) is 0.133. The van der Waals surface area contributed by atoms with Gasteiger partial charge >= 0.3 is 0 Å². The monoisotopic (exact) mass is 269 g/mol. The lowest BCUT2D eigenvalue weighted by atomic mass is 10.1. The first-order valence-electron chi connectivity index (χ1n) is 6.12. The molecule has 3 aromatic rings. The number of hydrogen-bond acceptors (Lipinski definition) is 4. The van der Waals surface area contributed by atoms with E-state index in [0.717, 1.165) is 28.8 Å². The zero-order chi connectivity index (χ0) is 13.2. The van der Waals surface area contributed by atoms with Gasteiger partial charge in [-0.25, -0.2) is 0 Å². The van der Waals surface area contributed by atoms with Crippen LogP contribution >= 0.6 is 11.3 Å². The van der Waals surface area contributed by atoms with E-state index in [9.17, 15) is 0 Å². The molecule has 0 aliphatic rings. The molecule has 2 N–H and O–H groups in total. The van der Waals surface area contributed by atoms with E-state index in [2.05, 4.69) is 40.5 Å². The summed E-state index contributed by atoms with van der Waals surface area (Å²) in [5.41, 5.74) is 8.74. The summed E-state index contributed by atoms with van der Waals surface area (Å²) in [5.74, 6) is 0. The van der Waals surface area contributed by atoms with Crippen molar-refractivity contribution in [1.29, 1.82) is 0 Å². The average Bonchev–Trinajstić information content (AvgIpc) is 2.91. The highest BCUT2D eigenvalue weighted by atomic mass is 32.1. The van der Waals surface area contributed by atoms with Crippen molar-refractivity contribution in [2.24, 2.45) is 0 Å². The first-order valence-corrected chi connectivity index (χ1v) is 7.00. The maximum atomic E-state index is 5.98. The van der Waals surface area contributed by atoms with E-state index < -0.39 is 0 Å². The Morgan fingerprint density at radius 2 is 2.11 bits per heavy atom. The third kappa shape index (κ3) is 2.27. The summed E-state index contributed by atoms with van der Waals surface area (Å²) in [6.07, 6.45) is 1.82. The molecule has 1 aromatic carbocycles. The highest BCUT2D eigenvalue weighted by molar-refractivity contribution is 7.09.